The molecule has 0 bridgehead atoms. The van der Waals surface area contributed by atoms with Gasteiger partial charge in [-0.05, 0) is 59.6 Å². The first-order valence-electron chi connectivity index (χ1n) is 4.49. The number of nitrogens with two attached hydrogens (primary N) is 1. The number of aryl methyl sites for hydroxylation is 1. The molecule has 0 spiro atoms. The molecule has 1 rings (SSSR count). The highest BCUT2D eigenvalue weighted by Gasteiger charge is 2.00. The van der Waals surface area contributed by atoms with Crippen LogP contribution in [0.5, 0.6) is 0 Å². The minimum absolute atomic E-state index is 0.649. The van der Waals surface area contributed by atoms with Crippen LogP contribution in [-0.2, 0) is 6.42 Å². The normalized spacial score (nSPS) is 12.5. The van der Waals surface area contributed by atoms with Gasteiger partial charge in [0.15, 0.2) is 0 Å². The van der Waals surface area contributed by atoms with Crippen molar-refractivity contribution in [3.63, 3.8) is 0 Å². The molecule has 0 amide bonds. The van der Waals surface area contributed by atoms with Crippen molar-refractivity contribution in [2.45, 2.75) is 19.8 Å². The van der Waals surface area contributed by atoms with Crippen molar-refractivity contribution in [1.29, 1.82) is 0 Å². The summed E-state index contributed by atoms with van der Waals surface area (Å²) in [6.07, 6.45) is 2.02. The number of thiol groups is 1. The lowest BCUT2D eigenvalue weighted by Crippen LogP contribution is -1.96. The van der Waals surface area contributed by atoms with Gasteiger partial charge in [-0.3, -0.25) is 0 Å². The summed E-state index contributed by atoms with van der Waals surface area (Å²) in [5, 5.41) is 0.649. The number of hydrogen-bond acceptors (Lipinski definition) is 2. The van der Waals surface area contributed by atoms with Gasteiger partial charge < -0.3 is 5.73 Å². The van der Waals surface area contributed by atoms with E-state index < -0.39 is 0 Å². The summed E-state index contributed by atoms with van der Waals surface area (Å²) in [5.41, 5.74) is 8.12. The van der Waals surface area contributed by atoms with Crippen molar-refractivity contribution in [2.24, 2.45) is 5.73 Å². The van der Waals surface area contributed by atoms with Gasteiger partial charge in [-0.25, -0.2) is 0 Å². The maximum atomic E-state index is 5.58. The molecule has 2 N–H and O–H groups in total. The Kier molecular flexibility index (Phi) is 4.81. The maximum Gasteiger partial charge on any atom is 0.0613 e. The third-order valence-electron chi connectivity index (χ3n) is 2.16. The van der Waals surface area contributed by atoms with Crippen LogP contribution in [0.25, 0.3) is 0 Å². The molecular formula is C11H14INS. The van der Waals surface area contributed by atoms with Crippen LogP contribution in [-0.4, -0.2) is 0 Å². The van der Waals surface area contributed by atoms with Crippen molar-refractivity contribution in [2.75, 3.05) is 0 Å². The van der Waals surface area contributed by atoms with E-state index in [1.54, 1.807) is 0 Å². The lowest BCUT2D eigenvalue weighted by atomic mass is 10.1. The van der Waals surface area contributed by atoms with Gasteiger partial charge in [-0.2, -0.15) is 0 Å². The molecule has 0 aromatic heterocycles. The quantitative estimate of drug-likeness (QED) is 0.648. The molecule has 0 aliphatic rings. The van der Waals surface area contributed by atoms with E-state index in [-0.39, 0.29) is 0 Å². The SMILES string of the molecule is C/C(CCc1ccccc1I)=C(\N)S. The van der Waals surface area contributed by atoms with Gasteiger partial charge in [0.25, 0.3) is 0 Å². The van der Waals surface area contributed by atoms with E-state index in [1.807, 2.05) is 6.92 Å². The molecule has 0 fully saturated rings. The van der Waals surface area contributed by atoms with Crippen LogP contribution in [0.4, 0.5) is 0 Å². The molecule has 14 heavy (non-hydrogen) atoms. The average molecular weight is 319 g/mol. The van der Waals surface area contributed by atoms with Crippen LogP contribution < -0.4 is 5.73 Å². The molecular weight excluding hydrogens is 305 g/mol. The number of rotatable bonds is 3. The lowest BCUT2D eigenvalue weighted by Gasteiger charge is -2.05. The summed E-state index contributed by atoms with van der Waals surface area (Å²) >= 11 is 6.48. The standard InChI is InChI=1S/C11H14INS/c1-8(11(13)14)6-7-9-4-2-3-5-10(9)12/h2-5,14H,6-7,13H2,1H3/b11-8-. The molecule has 0 atom stereocenters. The smallest absolute Gasteiger partial charge is 0.0613 e. The van der Waals surface area contributed by atoms with Gasteiger partial charge >= 0.3 is 0 Å². The van der Waals surface area contributed by atoms with E-state index in [0.717, 1.165) is 18.4 Å². The van der Waals surface area contributed by atoms with E-state index in [4.69, 9.17) is 5.73 Å². The predicted octanol–water partition coefficient (Wildman–Crippen LogP) is 3.34. The van der Waals surface area contributed by atoms with Gasteiger partial charge in [-0.1, -0.05) is 18.2 Å². The highest BCUT2D eigenvalue weighted by atomic mass is 127. The van der Waals surface area contributed by atoms with Crippen LogP contribution in [0.1, 0.15) is 18.9 Å². The fourth-order valence-electron chi connectivity index (χ4n) is 1.15. The zero-order chi connectivity index (χ0) is 10.6. The molecule has 0 radical (unpaired) electrons. The Morgan fingerprint density at radius 2 is 2.07 bits per heavy atom. The molecule has 1 aromatic carbocycles. The van der Waals surface area contributed by atoms with E-state index in [2.05, 4.69) is 59.5 Å². The largest absolute Gasteiger partial charge is 0.394 e. The fourth-order valence-corrected chi connectivity index (χ4v) is 1.92. The monoisotopic (exact) mass is 319 g/mol. The van der Waals surface area contributed by atoms with E-state index in [0.29, 0.717) is 5.03 Å². The number of allylic oxidation sites excluding steroid dienone is 1. The second kappa shape index (κ2) is 5.66. The van der Waals surface area contributed by atoms with E-state index in [1.165, 1.54) is 9.13 Å². The first kappa shape index (κ1) is 11.9. The number of halogens is 1. The minimum atomic E-state index is 0.649. The Bertz CT molecular complexity index is 343. The zero-order valence-corrected chi connectivity index (χ0v) is 11.2. The Hall–Kier alpha value is -0.160. The van der Waals surface area contributed by atoms with Crippen LogP contribution >= 0.6 is 35.2 Å². The van der Waals surface area contributed by atoms with Crippen molar-refractivity contribution >= 4 is 35.2 Å². The topological polar surface area (TPSA) is 26.0 Å². The van der Waals surface area contributed by atoms with Crippen molar-refractivity contribution in [3.05, 3.63) is 44.0 Å². The Balaban J connectivity index is 2.63. The molecule has 0 heterocycles. The lowest BCUT2D eigenvalue weighted by molar-refractivity contribution is 0.928. The van der Waals surface area contributed by atoms with Crippen molar-refractivity contribution in [3.8, 4) is 0 Å². The second-order valence-electron chi connectivity index (χ2n) is 3.26. The Morgan fingerprint density at radius 3 is 2.64 bits per heavy atom. The highest BCUT2D eigenvalue weighted by Crippen LogP contribution is 2.16. The molecule has 76 valence electrons. The maximum absolute atomic E-state index is 5.58. The Morgan fingerprint density at radius 1 is 1.43 bits per heavy atom. The Labute approximate surface area is 104 Å². The summed E-state index contributed by atoms with van der Waals surface area (Å²) in [7, 11) is 0. The molecule has 0 unspecified atom stereocenters. The van der Waals surface area contributed by atoms with Gasteiger partial charge in [0.2, 0.25) is 0 Å². The zero-order valence-electron chi connectivity index (χ0n) is 8.13. The summed E-state index contributed by atoms with van der Waals surface area (Å²) in [4.78, 5) is 0. The second-order valence-corrected chi connectivity index (χ2v) is 4.90. The summed E-state index contributed by atoms with van der Waals surface area (Å²) in [6.45, 7) is 2.03. The van der Waals surface area contributed by atoms with E-state index >= 15 is 0 Å². The predicted molar refractivity (Wildman–Crippen MR) is 73.4 cm³/mol. The number of hydrogen-bond donors (Lipinski definition) is 2. The molecule has 1 nitrogen and oxygen atoms in total. The number of benzene rings is 1. The van der Waals surface area contributed by atoms with Gasteiger partial charge in [0.1, 0.15) is 0 Å². The van der Waals surface area contributed by atoms with Crippen LogP contribution in [0.2, 0.25) is 0 Å². The minimum Gasteiger partial charge on any atom is -0.394 e. The molecule has 0 aliphatic heterocycles. The summed E-state index contributed by atoms with van der Waals surface area (Å²) < 4.78 is 1.32. The van der Waals surface area contributed by atoms with Gasteiger partial charge in [0.05, 0.1) is 5.03 Å². The van der Waals surface area contributed by atoms with Crippen molar-refractivity contribution < 1.29 is 0 Å². The fraction of sp³-hybridized carbons (Fsp3) is 0.273. The summed E-state index contributed by atoms with van der Waals surface area (Å²) in [5.74, 6) is 0. The third kappa shape index (κ3) is 3.53. The van der Waals surface area contributed by atoms with Crippen LogP contribution in [0, 0.1) is 3.57 Å². The molecule has 0 aliphatic carbocycles. The first-order valence-corrected chi connectivity index (χ1v) is 6.01. The van der Waals surface area contributed by atoms with E-state index in [9.17, 15) is 0 Å². The molecule has 3 heteroatoms. The first-order chi connectivity index (χ1) is 6.61. The van der Waals surface area contributed by atoms with Gasteiger partial charge in [-0.15, -0.1) is 12.6 Å². The van der Waals surface area contributed by atoms with Gasteiger partial charge in [0, 0.05) is 3.57 Å². The highest BCUT2D eigenvalue weighted by molar-refractivity contribution is 14.1. The average Bonchev–Trinajstić information content (AvgIpc) is 2.16. The van der Waals surface area contributed by atoms with Crippen LogP contribution in [0.3, 0.4) is 0 Å². The molecule has 0 saturated carbocycles. The van der Waals surface area contributed by atoms with Crippen LogP contribution in [0.15, 0.2) is 34.9 Å². The summed E-state index contributed by atoms with van der Waals surface area (Å²) in [6, 6.07) is 8.41. The molecule has 1 aromatic rings. The molecule has 0 saturated heterocycles. The third-order valence-corrected chi connectivity index (χ3v) is 3.60. The van der Waals surface area contributed by atoms with Crippen molar-refractivity contribution in [1.82, 2.24) is 0 Å².